The maximum atomic E-state index is 13.2. The van der Waals surface area contributed by atoms with Gasteiger partial charge in [-0.05, 0) is 71.2 Å². The largest absolute Gasteiger partial charge is 0.457 e. The van der Waals surface area contributed by atoms with E-state index in [4.69, 9.17) is 17.0 Å². The second kappa shape index (κ2) is 9.00. The van der Waals surface area contributed by atoms with Gasteiger partial charge in [0.05, 0.1) is 5.69 Å². The molecule has 5 nitrogen and oxygen atoms in total. The number of nitrogens with zero attached hydrogens (tertiary/aromatic N) is 1. The van der Waals surface area contributed by atoms with E-state index in [0.717, 1.165) is 5.56 Å². The van der Waals surface area contributed by atoms with Crippen molar-refractivity contribution in [2.75, 3.05) is 4.90 Å². The Morgan fingerprint density at radius 3 is 2.06 bits per heavy atom. The molecule has 0 spiro atoms. The van der Waals surface area contributed by atoms with Gasteiger partial charge in [-0.2, -0.15) is 0 Å². The molecule has 1 fully saturated rings. The molecule has 4 rings (SSSR count). The highest BCUT2D eigenvalue weighted by molar-refractivity contribution is 7.80. The van der Waals surface area contributed by atoms with Gasteiger partial charge in [-0.3, -0.25) is 19.8 Å². The third kappa shape index (κ3) is 5.02. The fourth-order valence-corrected chi connectivity index (χ4v) is 3.71. The normalized spacial score (nSPS) is 15.5. The summed E-state index contributed by atoms with van der Waals surface area (Å²) in [6.07, 6.45) is 1.59. The Hall–Kier alpha value is -3.77. The molecule has 1 saturated heterocycles. The zero-order valence-corrected chi connectivity index (χ0v) is 19.5. The SMILES string of the molecule is CC(C)(C)c1ccc(C=C2C(=O)NC(=S)N(c3ccc(Oc4ccccc4)cc3)C2=O)cc1. The molecule has 0 saturated carbocycles. The zero-order chi connectivity index (χ0) is 23.6. The molecular weight excluding hydrogens is 432 g/mol. The molecule has 0 radical (unpaired) electrons. The molecule has 3 aromatic carbocycles. The number of benzene rings is 3. The first-order chi connectivity index (χ1) is 15.7. The van der Waals surface area contributed by atoms with Crippen molar-refractivity contribution in [3.8, 4) is 11.5 Å². The van der Waals surface area contributed by atoms with Crippen molar-refractivity contribution in [3.63, 3.8) is 0 Å². The average molecular weight is 457 g/mol. The highest BCUT2D eigenvalue weighted by atomic mass is 32.1. The average Bonchev–Trinajstić information content (AvgIpc) is 2.78. The van der Waals surface area contributed by atoms with Crippen molar-refractivity contribution in [2.45, 2.75) is 26.2 Å². The van der Waals surface area contributed by atoms with E-state index in [0.29, 0.717) is 17.2 Å². The van der Waals surface area contributed by atoms with E-state index < -0.39 is 11.8 Å². The van der Waals surface area contributed by atoms with Crippen molar-refractivity contribution < 1.29 is 14.3 Å². The Balaban J connectivity index is 1.58. The van der Waals surface area contributed by atoms with Crippen LogP contribution in [0.5, 0.6) is 11.5 Å². The van der Waals surface area contributed by atoms with Crippen LogP contribution in [0.1, 0.15) is 31.9 Å². The van der Waals surface area contributed by atoms with Crippen LogP contribution in [0.25, 0.3) is 6.08 Å². The first-order valence-corrected chi connectivity index (χ1v) is 11.0. The van der Waals surface area contributed by atoms with E-state index in [1.807, 2.05) is 54.6 Å². The monoisotopic (exact) mass is 456 g/mol. The molecule has 0 aromatic heterocycles. The van der Waals surface area contributed by atoms with E-state index >= 15 is 0 Å². The number of amides is 2. The summed E-state index contributed by atoms with van der Waals surface area (Å²) in [7, 11) is 0. The van der Waals surface area contributed by atoms with Crippen molar-refractivity contribution in [2.24, 2.45) is 0 Å². The predicted octanol–water partition coefficient (Wildman–Crippen LogP) is 5.61. The van der Waals surface area contributed by atoms with Gasteiger partial charge >= 0.3 is 0 Å². The minimum absolute atomic E-state index is 0.0169. The Labute approximate surface area is 198 Å². The molecule has 0 atom stereocenters. The summed E-state index contributed by atoms with van der Waals surface area (Å²) in [5.41, 5.74) is 2.52. The summed E-state index contributed by atoms with van der Waals surface area (Å²) in [4.78, 5) is 27.1. The van der Waals surface area contributed by atoms with Crippen LogP contribution in [-0.4, -0.2) is 16.9 Å². The van der Waals surface area contributed by atoms with Crippen LogP contribution in [-0.2, 0) is 15.0 Å². The van der Waals surface area contributed by atoms with Crippen LogP contribution in [0, 0.1) is 0 Å². The van der Waals surface area contributed by atoms with Gasteiger partial charge in [0.2, 0.25) is 0 Å². The zero-order valence-electron chi connectivity index (χ0n) is 18.7. The third-order valence-corrected chi connectivity index (χ3v) is 5.55. The van der Waals surface area contributed by atoms with Gasteiger partial charge in [-0.25, -0.2) is 0 Å². The summed E-state index contributed by atoms with van der Waals surface area (Å²) in [6.45, 7) is 6.40. The number of anilines is 1. The highest BCUT2D eigenvalue weighted by Crippen LogP contribution is 2.27. The quantitative estimate of drug-likeness (QED) is 0.315. The second-order valence-electron chi connectivity index (χ2n) is 8.74. The molecule has 0 aliphatic carbocycles. The molecule has 2 amide bonds. The molecule has 1 aliphatic heterocycles. The number of nitrogens with one attached hydrogen (secondary N) is 1. The summed E-state index contributed by atoms with van der Waals surface area (Å²) >= 11 is 5.29. The molecule has 1 aliphatic rings. The van der Waals surface area contributed by atoms with Crippen LogP contribution in [0.15, 0.2) is 84.4 Å². The number of hydrogen-bond donors (Lipinski definition) is 1. The van der Waals surface area contributed by atoms with Crippen molar-refractivity contribution in [1.82, 2.24) is 5.32 Å². The van der Waals surface area contributed by atoms with Gasteiger partial charge in [0.1, 0.15) is 17.1 Å². The standard InChI is InChI=1S/C27H24N2O3S/c1-27(2,3)19-11-9-18(10-12-19)17-23-24(30)28-26(33)29(25(23)31)20-13-15-22(16-14-20)32-21-7-5-4-6-8-21/h4-17H,1-3H3,(H,28,30,33). The van der Waals surface area contributed by atoms with Crippen molar-refractivity contribution in [1.29, 1.82) is 0 Å². The van der Waals surface area contributed by atoms with E-state index in [1.54, 1.807) is 30.3 Å². The summed E-state index contributed by atoms with van der Waals surface area (Å²) in [6, 6.07) is 24.2. The van der Waals surface area contributed by atoms with Gasteiger partial charge in [0, 0.05) is 0 Å². The van der Waals surface area contributed by atoms with E-state index in [-0.39, 0.29) is 16.1 Å². The summed E-state index contributed by atoms with van der Waals surface area (Å²) < 4.78 is 5.81. The number of ether oxygens (including phenoxy) is 1. The predicted molar refractivity (Wildman–Crippen MR) is 134 cm³/mol. The van der Waals surface area contributed by atoms with Crippen molar-refractivity contribution >= 4 is 40.9 Å². The molecular formula is C27H24N2O3S. The van der Waals surface area contributed by atoms with Gasteiger partial charge in [0.15, 0.2) is 5.11 Å². The lowest BCUT2D eigenvalue weighted by Crippen LogP contribution is -2.54. The van der Waals surface area contributed by atoms with Gasteiger partial charge in [0.25, 0.3) is 11.8 Å². The number of carbonyl (C=O) groups is 2. The molecule has 1 N–H and O–H groups in total. The fraction of sp³-hybridized carbons (Fsp3) is 0.148. The second-order valence-corrected chi connectivity index (χ2v) is 9.13. The van der Waals surface area contributed by atoms with E-state index in [1.165, 1.54) is 10.5 Å². The van der Waals surface area contributed by atoms with Crippen LogP contribution < -0.4 is 15.0 Å². The maximum absolute atomic E-state index is 13.2. The Morgan fingerprint density at radius 2 is 1.45 bits per heavy atom. The lowest BCUT2D eigenvalue weighted by Gasteiger charge is -2.29. The number of para-hydroxylation sites is 1. The van der Waals surface area contributed by atoms with Gasteiger partial charge in [-0.1, -0.05) is 63.2 Å². The van der Waals surface area contributed by atoms with Crippen LogP contribution >= 0.6 is 12.2 Å². The van der Waals surface area contributed by atoms with Gasteiger partial charge in [-0.15, -0.1) is 0 Å². The van der Waals surface area contributed by atoms with Gasteiger partial charge < -0.3 is 4.74 Å². The Kier molecular flexibility index (Phi) is 6.11. The van der Waals surface area contributed by atoms with Crippen LogP contribution in [0.3, 0.4) is 0 Å². The first kappa shape index (κ1) is 22.4. The number of thiocarbonyl (C=S) groups is 1. The molecule has 3 aromatic rings. The van der Waals surface area contributed by atoms with Crippen molar-refractivity contribution in [3.05, 3.63) is 95.6 Å². The smallest absolute Gasteiger partial charge is 0.270 e. The van der Waals surface area contributed by atoms with Crippen LogP contribution in [0.2, 0.25) is 0 Å². The van der Waals surface area contributed by atoms with E-state index in [2.05, 4.69) is 26.1 Å². The summed E-state index contributed by atoms with van der Waals surface area (Å²) in [5.74, 6) is 0.356. The van der Waals surface area contributed by atoms with Crippen LogP contribution in [0.4, 0.5) is 5.69 Å². The highest BCUT2D eigenvalue weighted by Gasteiger charge is 2.34. The molecule has 166 valence electrons. The Bertz CT molecular complexity index is 1230. The van der Waals surface area contributed by atoms with E-state index in [9.17, 15) is 9.59 Å². The topological polar surface area (TPSA) is 58.6 Å². The number of hydrogen-bond acceptors (Lipinski definition) is 4. The number of carbonyl (C=O) groups excluding carboxylic acids is 2. The molecule has 1 heterocycles. The number of rotatable bonds is 4. The first-order valence-electron chi connectivity index (χ1n) is 10.6. The lowest BCUT2D eigenvalue weighted by atomic mass is 9.86. The fourth-order valence-electron chi connectivity index (χ4n) is 3.43. The molecule has 6 heteroatoms. The molecule has 33 heavy (non-hydrogen) atoms. The minimum Gasteiger partial charge on any atom is -0.457 e. The molecule has 0 unspecified atom stereocenters. The molecule has 0 bridgehead atoms. The third-order valence-electron chi connectivity index (χ3n) is 5.26. The Morgan fingerprint density at radius 1 is 0.848 bits per heavy atom. The minimum atomic E-state index is -0.509. The summed E-state index contributed by atoms with van der Waals surface area (Å²) in [5, 5.41) is 2.66. The lowest BCUT2D eigenvalue weighted by molar-refractivity contribution is -0.122. The maximum Gasteiger partial charge on any atom is 0.270 e.